The summed E-state index contributed by atoms with van der Waals surface area (Å²) in [7, 11) is -1.46. The second-order valence-corrected chi connectivity index (χ2v) is 2.12. The summed E-state index contributed by atoms with van der Waals surface area (Å²) in [6.45, 7) is 0. The molecule has 0 heterocycles. The first-order valence-electron chi connectivity index (χ1n) is 3.31. The molecular weight excluding hydrogens is 142 g/mol. The largest absolute Gasteiger partial charge is 0.618 e. The number of rotatable bonds is 3. The lowest BCUT2D eigenvalue weighted by molar-refractivity contribution is 0.297. The van der Waals surface area contributed by atoms with Gasteiger partial charge in [-0.15, -0.1) is 0 Å². The first-order chi connectivity index (χ1) is 5.29. The lowest BCUT2D eigenvalue weighted by atomic mass is 9.86. The smallest absolute Gasteiger partial charge is 0.448 e. The van der Waals surface area contributed by atoms with Crippen LogP contribution in [0.15, 0.2) is 30.3 Å². The molecule has 11 heavy (non-hydrogen) atoms. The number of benzene rings is 1. The van der Waals surface area contributed by atoms with Crippen LogP contribution in [0.5, 0.6) is 0 Å². The van der Waals surface area contributed by atoms with Gasteiger partial charge in [-0.05, 0) is 0 Å². The van der Waals surface area contributed by atoms with Crippen molar-refractivity contribution in [2.45, 2.75) is 0 Å². The quantitative estimate of drug-likeness (QED) is 0.523. The molecule has 0 saturated carbocycles. The Bertz CT molecular complexity index is 202. The van der Waals surface area contributed by atoms with Gasteiger partial charge in [0.05, 0.1) is 0 Å². The van der Waals surface area contributed by atoms with E-state index < -0.39 is 7.32 Å². The maximum absolute atomic E-state index is 8.35. The van der Waals surface area contributed by atoms with Gasteiger partial charge >= 0.3 is 7.32 Å². The molecule has 0 aromatic heterocycles. The number of hydrogen-bond donors (Lipinski definition) is 2. The van der Waals surface area contributed by atoms with Crippen molar-refractivity contribution < 1.29 is 14.6 Å². The van der Waals surface area contributed by atoms with Crippen LogP contribution in [0.2, 0.25) is 0 Å². The van der Waals surface area contributed by atoms with Gasteiger partial charge in [0, 0.05) is 0 Å². The van der Waals surface area contributed by atoms with E-state index in [1.807, 2.05) is 30.3 Å². The standard InChI is InChI=1S/C6H8B2O3/c9-8(10)11-7-6-4-2-1-3-5-6/h1-5,7,9-10H. The summed E-state index contributed by atoms with van der Waals surface area (Å²) in [5, 5.41) is 16.7. The van der Waals surface area contributed by atoms with Crippen LogP contribution in [-0.2, 0) is 4.57 Å². The van der Waals surface area contributed by atoms with Crippen molar-refractivity contribution in [2.24, 2.45) is 0 Å². The molecule has 3 nitrogen and oxygen atoms in total. The van der Waals surface area contributed by atoms with Crippen LogP contribution in [0.4, 0.5) is 0 Å². The predicted molar refractivity (Wildman–Crippen MR) is 44.5 cm³/mol. The Morgan fingerprint density at radius 1 is 1.18 bits per heavy atom. The summed E-state index contributed by atoms with van der Waals surface area (Å²) in [4.78, 5) is 0. The Labute approximate surface area is 66.1 Å². The fourth-order valence-corrected chi connectivity index (χ4v) is 0.745. The molecular formula is C6H8B2O3. The summed E-state index contributed by atoms with van der Waals surface area (Å²) in [5.41, 5.74) is 0.917. The molecule has 0 saturated heterocycles. The van der Waals surface area contributed by atoms with Gasteiger partial charge in [0.2, 0.25) is 0 Å². The highest BCUT2D eigenvalue weighted by atomic mass is 16.6. The molecule has 0 fully saturated rings. The summed E-state index contributed by atoms with van der Waals surface area (Å²) in [6, 6.07) is 9.31. The minimum Gasteiger partial charge on any atom is -0.448 e. The van der Waals surface area contributed by atoms with E-state index in [4.69, 9.17) is 10.0 Å². The zero-order chi connectivity index (χ0) is 8.10. The highest BCUT2D eigenvalue weighted by molar-refractivity contribution is 6.55. The van der Waals surface area contributed by atoms with E-state index in [0.29, 0.717) is 0 Å². The van der Waals surface area contributed by atoms with Crippen molar-refractivity contribution in [3.63, 3.8) is 0 Å². The fraction of sp³-hybridized carbons (Fsp3) is 0. The Kier molecular flexibility index (Phi) is 3.16. The highest BCUT2D eigenvalue weighted by Crippen LogP contribution is 1.81. The van der Waals surface area contributed by atoms with Gasteiger partial charge in [-0.3, -0.25) is 0 Å². The Morgan fingerprint density at radius 2 is 1.82 bits per heavy atom. The van der Waals surface area contributed by atoms with Gasteiger partial charge in [0.25, 0.3) is 7.48 Å². The van der Waals surface area contributed by atoms with E-state index >= 15 is 0 Å². The van der Waals surface area contributed by atoms with Crippen LogP contribution in [0.3, 0.4) is 0 Å². The third kappa shape index (κ3) is 3.23. The fourth-order valence-electron chi connectivity index (χ4n) is 0.745. The van der Waals surface area contributed by atoms with Crippen molar-refractivity contribution in [1.29, 1.82) is 0 Å². The molecule has 0 aliphatic heterocycles. The van der Waals surface area contributed by atoms with Gasteiger partial charge in [0.1, 0.15) is 0 Å². The lowest BCUT2D eigenvalue weighted by Crippen LogP contribution is -2.26. The summed E-state index contributed by atoms with van der Waals surface area (Å²) in [5.74, 6) is 0. The Hall–Kier alpha value is -0.770. The molecule has 1 aromatic rings. The van der Waals surface area contributed by atoms with Crippen molar-refractivity contribution in [3.05, 3.63) is 30.3 Å². The molecule has 2 N–H and O–H groups in total. The van der Waals surface area contributed by atoms with Gasteiger partial charge in [-0.25, -0.2) is 0 Å². The van der Waals surface area contributed by atoms with E-state index in [2.05, 4.69) is 4.57 Å². The van der Waals surface area contributed by atoms with Crippen molar-refractivity contribution in [1.82, 2.24) is 0 Å². The molecule has 56 valence electrons. The topological polar surface area (TPSA) is 49.7 Å². The minimum atomic E-state index is -1.68. The zero-order valence-electron chi connectivity index (χ0n) is 5.97. The average molecular weight is 150 g/mol. The van der Waals surface area contributed by atoms with Crippen LogP contribution >= 0.6 is 0 Å². The molecule has 0 aliphatic rings. The SMILES string of the molecule is OB(O)OBc1ccccc1. The van der Waals surface area contributed by atoms with Gasteiger partial charge < -0.3 is 14.6 Å². The third-order valence-corrected chi connectivity index (χ3v) is 1.24. The van der Waals surface area contributed by atoms with Gasteiger partial charge in [0.15, 0.2) is 0 Å². The molecule has 0 amide bonds. The molecule has 0 spiro atoms. The number of hydrogen-bond acceptors (Lipinski definition) is 3. The van der Waals surface area contributed by atoms with Crippen LogP contribution in [0, 0.1) is 0 Å². The Balaban J connectivity index is 2.39. The Morgan fingerprint density at radius 3 is 2.36 bits per heavy atom. The summed E-state index contributed by atoms with van der Waals surface area (Å²) >= 11 is 0. The molecule has 5 heteroatoms. The van der Waals surface area contributed by atoms with Crippen LogP contribution in [0.1, 0.15) is 0 Å². The predicted octanol–water partition coefficient (Wildman–Crippen LogP) is -1.35. The third-order valence-electron chi connectivity index (χ3n) is 1.24. The molecule has 0 bridgehead atoms. The van der Waals surface area contributed by atoms with E-state index in [9.17, 15) is 0 Å². The molecule has 1 rings (SSSR count). The average Bonchev–Trinajstić information content (AvgIpc) is 2.03. The molecule has 0 atom stereocenters. The van der Waals surface area contributed by atoms with Crippen molar-refractivity contribution >= 4 is 20.3 Å². The van der Waals surface area contributed by atoms with Crippen molar-refractivity contribution in [2.75, 3.05) is 0 Å². The highest BCUT2D eigenvalue weighted by Gasteiger charge is 2.08. The van der Waals surface area contributed by atoms with E-state index in [1.54, 1.807) is 0 Å². The molecule has 0 unspecified atom stereocenters. The second-order valence-electron chi connectivity index (χ2n) is 2.12. The van der Waals surface area contributed by atoms with E-state index in [1.165, 1.54) is 0 Å². The van der Waals surface area contributed by atoms with Gasteiger partial charge in [-0.1, -0.05) is 35.8 Å². The maximum Gasteiger partial charge on any atom is 0.618 e. The van der Waals surface area contributed by atoms with Gasteiger partial charge in [-0.2, -0.15) is 0 Å². The first kappa shape index (κ1) is 8.33. The van der Waals surface area contributed by atoms with Crippen LogP contribution < -0.4 is 5.46 Å². The first-order valence-corrected chi connectivity index (χ1v) is 3.31. The molecule has 1 aromatic carbocycles. The van der Waals surface area contributed by atoms with Crippen molar-refractivity contribution in [3.8, 4) is 0 Å². The summed E-state index contributed by atoms with van der Waals surface area (Å²) in [6.07, 6.45) is 0. The van der Waals surface area contributed by atoms with E-state index in [0.717, 1.165) is 5.46 Å². The molecule has 0 radical (unpaired) electrons. The second kappa shape index (κ2) is 4.18. The normalized spacial score (nSPS) is 9.27. The van der Waals surface area contributed by atoms with Crippen LogP contribution in [-0.4, -0.2) is 24.9 Å². The lowest BCUT2D eigenvalue weighted by Gasteiger charge is -1.99. The minimum absolute atomic E-state index is 0.221. The zero-order valence-corrected chi connectivity index (χ0v) is 5.97. The maximum atomic E-state index is 8.35. The van der Waals surface area contributed by atoms with Crippen LogP contribution in [0.25, 0.3) is 0 Å². The summed E-state index contributed by atoms with van der Waals surface area (Å²) < 4.78 is 4.54. The molecule has 0 aliphatic carbocycles. The monoisotopic (exact) mass is 150 g/mol. The van der Waals surface area contributed by atoms with E-state index in [-0.39, 0.29) is 7.48 Å².